The predicted molar refractivity (Wildman–Crippen MR) is 161 cm³/mol. The van der Waals surface area contributed by atoms with Crippen molar-refractivity contribution in [1.29, 1.82) is 0 Å². The Labute approximate surface area is 247 Å². The van der Waals surface area contributed by atoms with Crippen LogP contribution < -0.4 is 20.3 Å². The quantitative estimate of drug-likeness (QED) is 0.260. The summed E-state index contributed by atoms with van der Waals surface area (Å²) in [5.41, 5.74) is 1.12. The van der Waals surface area contributed by atoms with Crippen LogP contribution in [0, 0.1) is 0 Å². The Morgan fingerprint density at radius 3 is 2.53 bits per heavy atom. The monoisotopic (exact) mass is 594 g/mol. The van der Waals surface area contributed by atoms with Crippen molar-refractivity contribution < 1.29 is 22.7 Å². The van der Waals surface area contributed by atoms with Crippen LogP contribution >= 0.6 is 0 Å². The number of aryl methyl sites for hydroxylation is 1. The molecule has 226 valence electrons. The van der Waals surface area contributed by atoms with Gasteiger partial charge in [0.05, 0.1) is 29.9 Å². The minimum atomic E-state index is -4.69. The summed E-state index contributed by atoms with van der Waals surface area (Å²) in [5.74, 6) is -0.0915. The van der Waals surface area contributed by atoms with E-state index in [2.05, 4.69) is 56.1 Å². The zero-order chi connectivity index (χ0) is 30.9. The van der Waals surface area contributed by atoms with E-state index in [9.17, 15) is 18.0 Å². The van der Waals surface area contributed by atoms with Crippen LogP contribution in [0.25, 0.3) is 22.3 Å². The van der Waals surface area contributed by atoms with Gasteiger partial charge in [0.2, 0.25) is 11.9 Å². The van der Waals surface area contributed by atoms with Gasteiger partial charge in [0.1, 0.15) is 17.0 Å². The van der Waals surface area contributed by atoms with Gasteiger partial charge in [0.25, 0.3) is 0 Å². The van der Waals surface area contributed by atoms with E-state index >= 15 is 0 Å². The average molecular weight is 595 g/mol. The number of amides is 1. The van der Waals surface area contributed by atoms with Gasteiger partial charge in [-0.05, 0) is 51.2 Å². The van der Waals surface area contributed by atoms with Gasteiger partial charge in [-0.15, -0.1) is 0 Å². The number of methoxy groups -OCH3 is 1. The van der Waals surface area contributed by atoms with E-state index in [-0.39, 0.29) is 17.2 Å². The molecule has 1 fully saturated rings. The molecule has 5 rings (SSSR count). The van der Waals surface area contributed by atoms with E-state index in [1.807, 2.05) is 0 Å². The summed E-state index contributed by atoms with van der Waals surface area (Å²) in [6.45, 7) is 5.08. The van der Waals surface area contributed by atoms with Gasteiger partial charge >= 0.3 is 6.18 Å². The third-order valence-electron chi connectivity index (χ3n) is 7.62. The molecular formula is C30H33F3N8O2. The number of nitrogens with zero attached hydrogens (tertiary/aromatic N) is 6. The Bertz CT molecular complexity index is 1660. The van der Waals surface area contributed by atoms with Crippen LogP contribution in [0.1, 0.15) is 18.4 Å². The van der Waals surface area contributed by atoms with Crippen molar-refractivity contribution in [3.8, 4) is 17.0 Å². The molecule has 0 unspecified atom stereocenters. The standard InChI is InChI=1S/C30H33F3N8O2/c1-6-26(42)36-22-14-23(25(43-5)15-24(22)41-11-8-20(9-12-41)39(2)3)37-29-35-17-21(30(31,32)33)27(38-29)19-13-18-7-10-40(4)28(18)34-16-19/h6-7,10,13-17,20H,1,8-9,11-12H2,2-5H3,(H,36,42)(H,35,37,38). The van der Waals surface area contributed by atoms with Crippen molar-refractivity contribution in [2.75, 3.05) is 49.8 Å². The molecule has 1 aliphatic rings. The highest BCUT2D eigenvalue weighted by Crippen LogP contribution is 2.41. The molecule has 1 amide bonds. The Morgan fingerprint density at radius 2 is 1.88 bits per heavy atom. The van der Waals surface area contributed by atoms with Gasteiger partial charge in [0.15, 0.2) is 0 Å². The van der Waals surface area contributed by atoms with E-state index in [4.69, 9.17) is 4.74 Å². The predicted octanol–water partition coefficient (Wildman–Crippen LogP) is 5.46. The SMILES string of the molecule is C=CC(=O)Nc1cc(Nc2ncc(C(F)(F)F)c(-c3cnc4c(ccn4C)c3)n2)c(OC)cc1N1CCC(N(C)C)CC1. The number of ether oxygens (including phenoxy) is 1. The van der Waals surface area contributed by atoms with Crippen LogP contribution in [0.5, 0.6) is 5.75 Å². The van der Waals surface area contributed by atoms with Gasteiger partial charge in [-0.1, -0.05) is 6.58 Å². The lowest BCUT2D eigenvalue weighted by molar-refractivity contribution is -0.137. The molecule has 10 nitrogen and oxygen atoms in total. The molecule has 4 aromatic rings. The van der Waals surface area contributed by atoms with Crippen LogP contribution in [0.3, 0.4) is 0 Å². The topological polar surface area (TPSA) is 100 Å². The van der Waals surface area contributed by atoms with E-state index in [0.29, 0.717) is 34.2 Å². The highest BCUT2D eigenvalue weighted by atomic mass is 19.4. The molecule has 1 saturated heterocycles. The zero-order valence-corrected chi connectivity index (χ0v) is 24.4. The zero-order valence-electron chi connectivity index (χ0n) is 24.4. The molecule has 1 aliphatic heterocycles. The minimum Gasteiger partial charge on any atom is -0.494 e. The summed E-state index contributed by atoms with van der Waals surface area (Å²) in [4.78, 5) is 29.3. The Morgan fingerprint density at radius 1 is 1.14 bits per heavy atom. The van der Waals surface area contributed by atoms with Gasteiger partial charge in [-0.2, -0.15) is 13.2 Å². The molecule has 0 aliphatic carbocycles. The summed E-state index contributed by atoms with van der Waals surface area (Å²) < 4.78 is 49.5. The third-order valence-corrected chi connectivity index (χ3v) is 7.62. The number of hydrogen-bond acceptors (Lipinski definition) is 8. The van der Waals surface area contributed by atoms with Crippen molar-refractivity contribution in [2.24, 2.45) is 7.05 Å². The Kier molecular flexibility index (Phi) is 8.27. The fourth-order valence-electron chi connectivity index (χ4n) is 5.28. The number of halogens is 3. The molecule has 13 heteroatoms. The van der Waals surface area contributed by atoms with Crippen LogP contribution in [0.4, 0.5) is 36.2 Å². The number of carbonyl (C=O) groups excluding carboxylic acids is 1. The molecule has 2 N–H and O–H groups in total. The first-order chi connectivity index (χ1) is 20.5. The highest BCUT2D eigenvalue weighted by molar-refractivity contribution is 6.02. The lowest BCUT2D eigenvalue weighted by Gasteiger charge is -2.37. The summed E-state index contributed by atoms with van der Waals surface area (Å²) >= 11 is 0. The number of hydrogen-bond donors (Lipinski definition) is 2. The smallest absolute Gasteiger partial charge is 0.419 e. The lowest BCUT2D eigenvalue weighted by Crippen LogP contribution is -2.42. The number of aromatic nitrogens is 4. The van der Waals surface area contributed by atoms with E-state index < -0.39 is 17.6 Å². The van der Waals surface area contributed by atoms with Crippen LogP contribution in [0.15, 0.2) is 55.5 Å². The number of piperidine rings is 1. The fraction of sp³-hybridized carbons (Fsp3) is 0.333. The van der Waals surface area contributed by atoms with Gasteiger partial charge in [-0.3, -0.25) is 4.79 Å². The highest BCUT2D eigenvalue weighted by Gasteiger charge is 2.36. The maximum Gasteiger partial charge on any atom is 0.419 e. The number of benzene rings is 1. The number of nitrogens with one attached hydrogen (secondary N) is 2. The first-order valence-corrected chi connectivity index (χ1v) is 13.7. The average Bonchev–Trinajstić information content (AvgIpc) is 3.36. The number of alkyl halides is 3. The van der Waals surface area contributed by atoms with Gasteiger partial charge < -0.3 is 29.7 Å². The van der Waals surface area contributed by atoms with Crippen LogP contribution in [0.2, 0.25) is 0 Å². The number of rotatable bonds is 8. The first kappa shape index (κ1) is 29.8. The normalized spacial score (nSPS) is 14.3. The van der Waals surface area contributed by atoms with Gasteiger partial charge in [-0.25, -0.2) is 15.0 Å². The largest absolute Gasteiger partial charge is 0.494 e. The van der Waals surface area contributed by atoms with E-state index in [0.717, 1.165) is 37.8 Å². The number of anilines is 4. The van der Waals surface area contributed by atoms with Crippen molar-refractivity contribution in [1.82, 2.24) is 24.4 Å². The van der Waals surface area contributed by atoms with Crippen molar-refractivity contribution in [3.63, 3.8) is 0 Å². The number of carbonyl (C=O) groups is 1. The van der Waals surface area contributed by atoms with Crippen LogP contribution in [-0.2, 0) is 18.0 Å². The molecule has 3 aromatic heterocycles. The summed E-state index contributed by atoms with van der Waals surface area (Å²) in [5, 5.41) is 6.52. The number of pyridine rings is 1. The summed E-state index contributed by atoms with van der Waals surface area (Å²) in [7, 11) is 7.42. The van der Waals surface area contributed by atoms with Gasteiger partial charge in [0, 0.05) is 61.8 Å². The molecule has 0 bridgehead atoms. The second kappa shape index (κ2) is 11.9. The lowest BCUT2D eigenvalue weighted by atomic mass is 10.0. The maximum absolute atomic E-state index is 14.0. The minimum absolute atomic E-state index is 0.0880. The summed E-state index contributed by atoms with van der Waals surface area (Å²) in [6, 6.07) is 7.28. The molecule has 0 radical (unpaired) electrons. The molecule has 0 atom stereocenters. The molecule has 0 saturated carbocycles. The molecule has 1 aromatic carbocycles. The van der Waals surface area contributed by atoms with E-state index in [1.165, 1.54) is 19.4 Å². The third kappa shape index (κ3) is 6.26. The van der Waals surface area contributed by atoms with Crippen molar-refractivity contribution >= 4 is 40.0 Å². The number of fused-ring (bicyclic) bond motifs is 1. The first-order valence-electron chi connectivity index (χ1n) is 13.7. The Hall–Kier alpha value is -4.65. The summed E-state index contributed by atoms with van der Waals surface area (Å²) in [6.07, 6.45) is 2.24. The molecule has 43 heavy (non-hydrogen) atoms. The fourth-order valence-corrected chi connectivity index (χ4v) is 5.28. The van der Waals surface area contributed by atoms with Crippen molar-refractivity contribution in [2.45, 2.75) is 25.1 Å². The second-order valence-electron chi connectivity index (χ2n) is 10.6. The second-order valence-corrected chi connectivity index (χ2v) is 10.6. The van der Waals surface area contributed by atoms with Crippen molar-refractivity contribution in [3.05, 3.63) is 61.1 Å². The molecule has 0 spiro atoms. The molecular weight excluding hydrogens is 561 g/mol. The van der Waals surface area contributed by atoms with Crippen LogP contribution in [-0.4, -0.2) is 70.7 Å². The maximum atomic E-state index is 14.0. The Balaban J connectivity index is 1.54. The molecule has 4 heterocycles. The van der Waals surface area contributed by atoms with E-state index in [1.54, 1.807) is 42.1 Å².